The van der Waals surface area contributed by atoms with Gasteiger partial charge in [-0.25, -0.2) is 4.79 Å². The lowest BCUT2D eigenvalue weighted by Gasteiger charge is -2.30. The molecule has 0 spiro atoms. The van der Waals surface area contributed by atoms with Crippen molar-refractivity contribution in [1.82, 2.24) is 5.32 Å². The van der Waals surface area contributed by atoms with Crippen LogP contribution >= 0.6 is 0 Å². The van der Waals surface area contributed by atoms with Crippen LogP contribution in [0.3, 0.4) is 0 Å². The van der Waals surface area contributed by atoms with Crippen LogP contribution < -0.4 is 20.3 Å². The van der Waals surface area contributed by atoms with E-state index in [4.69, 9.17) is 4.74 Å². The SMILES string of the molecule is C=C(C)c1cccc(C(C)(C)NC(=O)Nc2ccc3c(c2)OCC(=O)N3CCC)c1. The summed E-state index contributed by atoms with van der Waals surface area (Å²) < 4.78 is 5.57. The van der Waals surface area contributed by atoms with Crippen LogP contribution in [-0.2, 0) is 10.3 Å². The Bertz CT molecular complexity index is 981. The molecule has 0 saturated carbocycles. The summed E-state index contributed by atoms with van der Waals surface area (Å²) in [4.78, 5) is 26.5. The number of nitrogens with zero attached hydrogens (tertiary/aromatic N) is 1. The molecule has 30 heavy (non-hydrogen) atoms. The van der Waals surface area contributed by atoms with Crippen molar-refractivity contribution in [1.29, 1.82) is 0 Å². The van der Waals surface area contributed by atoms with Crippen molar-refractivity contribution < 1.29 is 14.3 Å². The van der Waals surface area contributed by atoms with Gasteiger partial charge in [-0.3, -0.25) is 4.79 Å². The minimum atomic E-state index is -0.579. The molecule has 3 rings (SSSR count). The summed E-state index contributed by atoms with van der Waals surface area (Å²) in [6.07, 6.45) is 0.856. The third-order valence-corrected chi connectivity index (χ3v) is 5.11. The van der Waals surface area contributed by atoms with Gasteiger partial charge in [-0.1, -0.05) is 37.3 Å². The predicted molar refractivity (Wildman–Crippen MR) is 121 cm³/mol. The fourth-order valence-corrected chi connectivity index (χ4v) is 3.44. The lowest BCUT2D eigenvalue weighted by Crippen LogP contribution is -2.43. The largest absolute Gasteiger partial charge is 0.481 e. The number of benzene rings is 2. The van der Waals surface area contributed by atoms with E-state index in [9.17, 15) is 9.59 Å². The smallest absolute Gasteiger partial charge is 0.319 e. The number of amides is 3. The van der Waals surface area contributed by atoms with Crippen molar-refractivity contribution in [2.45, 2.75) is 39.7 Å². The van der Waals surface area contributed by atoms with E-state index in [1.165, 1.54) is 0 Å². The summed E-state index contributed by atoms with van der Waals surface area (Å²) in [5, 5.41) is 5.88. The molecular formula is C24H29N3O3. The molecule has 2 aromatic carbocycles. The van der Waals surface area contributed by atoms with Gasteiger partial charge >= 0.3 is 6.03 Å². The van der Waals surface area contributed by atoms with Crippen molar-refractivity contribution in [3.63, 3.8) is 0 Å². The van der Waals surface area contributed by atoms with E-state index in [0.717, 1.165) is 28.8 Å². The van der Waals surface area contributed by atoms with Crippen LogP contribution in [0.1, 0.15) is 45.2 Å². The van der Waals surface area contributed by atoms with Crippen molar-refractivity contribution >= 4 is 28.9 Å². The maximum Gasteiger partial charge on any atom is 0.319 e. The molecule has 2 N–H and O–H groups in total. The normalized spacial score (nSPS) is 13.3. The highest BCUT2D eigenvalue weighted by molar-refractivity contribution is 5.99. The highest BCUT2D eigenvalue weighted by atomic mass is 16.5. The second kappa shape index (κ2) is 8.61. The van der Waals surface area contributed by atoms with Crippen LogP contribution in [0.25, 0.3) is 5.57 Å². The van der Waals surface area contributed by atoms with Gasteiger partial charge in [0.2, 0.25) is 0 Å². The lowest BCUT2D eigenvalue weighted by molar-refractivity contribution is -0.121. The molecule has 0 bridgehead atoms. The van der Waals surface area contributed by atoms with E-state index in [0.29, 0.717) is 18.0 Å². The molecule has 1 aliphatic rings. The van der Waals surface area contributed by atoms with Crippen molar-refractivity contribution in [3.8, 4) is 5.75 Å². The Morgan fingerprint density at radius 2 is 2.00 bits per heavy atom. The van der Waals surface area contributed by atoms with E-state index in [-0.39, 0.29) is 18.5 Å². The molecule has 3 amide bonds. The van der Waals surface area contributed by atoms with Gasteiger partial charge in [-0.05, 0) is 56.5 Å². The van der Waals surface area contributed by atoms with Gasteiger partial charge in [0.15, 0.2) is 6.61 Å². The third kappa shape index (κ3) is 4.64. The topological polar surface area (TPSA) is 70.7 Å². The highest BCUT2D eigenvalue weighted by Crippen LogP contribution is 2.34. The standard InChI is InChI=1S/C24H29N3O3/c1-6-12-27-20-11-10-19(14-21(20)30-15-22(27)28)25-23(29)26-24(4,5)18-9-7-8-17(13-18)16(2)3/h7-11,13-14H,2,6,12,15H2,1,3-5H3,(H2,25,26,29). The number of allylic oxidation sites excluding steroid dienone is 1. The molecule has 2 aromatic rings. The van der Waals surface area contributed by atoms with E-state index in [1.54, 1.807) is 23.1 Å². The maximum atomic E-state index is 12.7. The highest BCUT2D eigenvalue weighted by Gasteiger charge is 2.26. The molecule has 0 atom stereocenters. The average molecular weight is 408 g/mol. The molecule has 6 nitrogen and oxygen atoms in total. The second-order valence-electron chi connectivity index (χ2n) is 8.08. The van der Waals surface area contributed by atoms with E-state index < -0.39 is 5.54 Å². The Balaban J connectivity index is 1.73. The third-order valence-electron chi connectivity index (χ3n) is 5.11. The zero-order chi connectivity index (χ0) is 21.9. The summed E-state index contributed by atoms with van der Waals surface area (Å²) in [5.41, 5.74) is 3.76. The fourth-order valence-electron chi connectivity index (χ4n) is 3.44. The van der Waals surface area contributed by atoms with Gasteiger partial charge in [0.1, 0.15) is 5.75 Å². The number of fused-ring (bicyclic) bond motifs is 1. The van der Waals surface area contributed by atoms with Gasteiger partial charge in [0.05, 0.1) is 11.2 Å². The molecule has 0 aliphatic carbocycles. The molecule has 0 saturated heterocycles. The van der Waals surface area contributed by atoms with Gasteiger partial charge in [-0.2, -0.15) is 0 Å². The summed E-state index contributed by atoms with van der Waals surface area (Å²) in [5.74, 6) is 0.538. The Kier molecular flexibility index (Phi) is 6.15. The molecule has 6 heteroatoms. The molecule has 0 unspecified atom stereocenters. The summed E-state index contributed by atoms with van der Waals surface area (Å²) in [6.45, 7) is 12.5. The molecule has 1 aliphatic heterocycles. The first-order chi connectivity index (χ1) is 14.2. The number of carbonyl (C=O) groups is 2. The first kappa shape index (κ1) is 21.4. The summed E-state index contributed by atoms with van der Waals surface area (Å²) >= 11 is 0. The van der Waals surface area contributed by atoms with Gasteiger partial charge in [-0.15, -0.1) is 0 Å². The minimum absolute atomic E-state index is 0.00867. The van der Waals surface area contributed by atoms with Gasteiger partial charge in [0.25, 0.3) is 5.91 Å². The maximum absolute atomic E-state index is 12.7. The molecule has 158 valence electrons. The zero-order valence-electron chi connectivity index (χ0n) is 18.0. The number of ether oxygens (including phenoxy) is 1. The summed E-state index contributed by atoms with van der Waals surface area (Å²) in [7, 11) is 0. The van der Waals surface area contributed by atoms with Crippen LogP contribution in [0.15, 0.2) is 49.0 Å². The van der Waals surface area contributed by atoms with Gasteiger partial charge in [0, 0.05) is 18.3 Å². The molecule has 0 aromatic heterocycles. The number of hydrogen-bond acceptors (Lipinski definition) is 3. The Hall–Kier alpha value is -3.28. The van der Waals surface area contributed by atoms with E-state index in [1.807, 2.05) is 52.0 Å². The first-order valence-corrected chi connectivity index (χ1v) is 10.1. The van der Waals surface area contributed by atoms with Crippen LogP contribution in [0, 0.1) is 0 Å². The summed E-state index contributed by atoms with van der Waals surface area (Å²) in [6, 6.07) is 13.0. The van der Waals surface area contributed by atoms with Crippen LogP contribution in [0.4, 0.5) is 16.2 Å². The minimum Gasteiger partial charge on any atom is -0.481 e. The zero-order valence-corrected chi connectivity index (χ0v) is 18.0. The average Bonchev–Trinajstić information content (AvgIpc) is 2.70. The lowest BCUT2D eigenvalue weighted by atomic mass is 9.92. The molecule has 1 heterocycles. The monoisotopic (exact) mass is 407 g/mol. The molecule has 0 radical (unpaired) electrons. The predicted octanol–water partition coefficient (Wildman–Crippen LogP) is 4.91. The Morgan fingerprint density at radius 3 is 2.70 bits per heavy atom. The van der Waals surface area contributed by atoms with E-state index in [2.05, 4.69) is 17.2 Å². The number of nitrogens with one attached hydrogen (secondary N) is 2. The fraction of sp³-hybridized carbons (Fsp3) is 0.333. The van der Waals surface area contributed by atoms with Crippen LogP contribution in [0.2, 0.25) is 0 Å². The number of carbonyl (C=O) groups excluding carboxylic acids is 2. The quantitative estimate of drug-likeness (QED) is 0.715. The number of hydrogen-bond donors (Lipinski definition) is 2. The van der Waals surface area contributed by atoms with Gasteiger partial charge < -0.3 is 20.3 Å². The van der Waals surface area contributed by atoms with Crippen LogP contribution in [-0.4, -0.2) is 25.1 Å². The molecular weight excluding hydrogens is 378 g/mol. The van der Waals surface area contributed by atoms with Crippen molar-refractivity contribution in [2.24, 2.45) is 0 Å². The van der Waals surface area contributed by atoms with Crippen LogP contribution in [0.5, 0.6) is 5.75 Å². The second-order valence-corrected chi connectivity index (χ2v) is 8.08. The Morgan fingerprint density at radius 1 is 1.23 bits per heavy atom. The van der Waals surface area contributed by atoms with Crippen molar-refractivity contribution in [2.75, 3.05) is 23.4 Å². The Labute approximate surface area is 177 Å². The number of rotatable bonds is 6. The first-order valence-electron chi connectivity index (χ1n) is 10.1. The van der Waals surface area contributed by atoms with E-state index >= 15 is 0 Å². The molecule has 0 fully saturated rings. The van der Waals surface area contributed by atoms with Crippen molar-refractivity contribution in [3.05, 3.63) is 60.2 Å². The number of urea groups is 1. The number of anilines is 2.